The lowest BCUT2D eigenvalue weighted by molar-refractivity contribution is 0.0684. The molecule has 88 valence electrons. The highest BCUT2D eigenvalue weighted by Gasteiger charge is 2.19. The van der Waals surface area contributed by atoms with E-state index >= 15 is 0 Å². The Balaban J connectivity index is 2.47. The standard InChI is InChI=1S/C12H11ClN2O2/c1-8(9-5-3-2-4-6-9)15-10(11(16)17)7-14-12(15)13/h2-8H,1H3,(H,16,17). The van der Waals surface area contributed by atoms with Gasteiger partial charge in [-0.2, -0.15) is 0 Å². The molecule has 0 aliphatic heterocycles. The van der Waals surface area contributed by atoms with Crippen molar-refractivity contribution in [2.45, 2.75) is 13.0 Å². The molecule has 0 fully saturated rings. The van der Waals surface area contributed by atoms with Crippen LogP contribution in [-0.4, -0.2) is 20.6 Å². The average molecular weight is 251 g/mol. The van der Waals surface area contributed by atoms with E-state index in [4.69, 9.17) is 16.7 Å². The second-order valence-corrected chi connectivity index (χ2v) is 4.01. The number of carboxylic acids is 1. The number of hydrogen-bond donors (Lipinski definition) is 1. The number of nitrogens with zero attached hydrogens (tertiary/aromatic N) is 2. The summed E-state index contributed by atoms with van der Waals surface area (Å²) in [6.07, 6.45) is 1.27. The molecule has 5 heteroatoms. The Bertz CT molecular complexity index is 537. The molecule has 17 heavy (non-hydrogen) atoms. The predicted octanol–water partition coefficient (Wildman–Crippen LogP) is 2.84. The van der Waals surface area contributed by atoms with Gasteiger partial charge in [0.25, 0.3) is 0 Å². The summed E-state index contributed by atoms with van der Waals surface area (Å²) in [5.41, 5.74) is 1.07. The van der Waals surface area contributed by atoms with E-state index in [0.717, 1.165) is 5.56 Å². The van der Waals surface area contributed by atoms with E-state index in [9.17, 15) is 4.79 Å². The lowest BCUT2D eigenvalue weighted by Crippen LogP contribution is -2.13. The molecule has 4 nitrogen and oxygen atoms in total. The number of rotatable bonds is 3. The van der Waals surface area contributed by atoms with E-state index in [2.05, 4.69) is 4.98 Å². The van der Waals surface area contributed by atoms with Crippen molar-refractivity contribution in [3.8, 4) is 0 Å². The van der Waals surface area contributed by atoms with Crippen LogP contribution in [0.5, 0.6) is 0 Å². The number of benzene rings is 1. The van der Waals surface area contributed by atoms with Gasteiger partial charge in [-0.05, 0) is 24.1 Å². The highest BCUT2D eigenvalue weighted by molar-refractivity contribution is 6.28. The second-order valence-electron chi connectivity index (χ2n) is 3.67. The number of carboxylic acid groups (broad SMARTS) is 1. The summed E-state index contributed by atoms with van der Waals surface area (Å²) in [6.45, 7) is 1.88. The van der Waals surface area contributed by atoms with Crippen molar-refractivity contribution in [2.75, 3.05) is 0 Å². The first-order valence-electron chi connectivity index (χ1n) is 5.12. The van der Waals surface area contributed by atoms with E-state index in [1.165, 1.54) is 10.8 Å². The molecule has 1 atom stereocenters. The number of carbonyl (C=O) groups is 1. The molecule has 2 rings (SSSR count). The van der Waals surface area contributed by atoms with Gasteiger partial charge in [-0.3, -0.25) is 0 Å². The zero-order chi connectivity index (χ0) is 12.4. The van der Waals surface area contributed by atoms with Crippen molar-refractivity contribution < 1.29 is 9.90 Å². The SMILES string of the molecule is CC(c1ccccc1)n1c(C(=O)O)cnc1Cl. The largest absolute Gasteiger partial charge is 0.477 e. The molecule has 0 amide bonds. The predicted molar refractivity (Wildman–Crippen MR) is 64.5 cm³/mol. The first-order chi connectivity index (χ1) is 8.11. The number of hydrogen-bond acceptors (Lipinski definition) is 2. The van der Waals surface area contributed by atoms with Crippen molar-refractivity contribution >= 4 is 17.6 Å². The van der Waals surface area contributed by atoms with Crippen molar-refractivity contribution in [3.05, 3.63) is 53.1 Å². The quantitative estimate of drug-likeness (QED) is 0.911. The molecule has 1 heterocycles. The third-order valence-corrected chi connectivity index (χ3v) is 2.92. The van der Waals surface area contributed by atoms with E-state index in [1.54, 1.807) is 0 Å². The number of imidazole rings is 1. The fourth-order valence-electron chi connectivity index (χ4n) is 1.75. The Labute approximate surface area is 103 Å². The topological polar surface area (TPSA) is 55.1 Å². The fraction of sp³-hybridized carbons (Fsp3) is 0.167. The van der Waals surface area contributed by atoms with Gasteiger partial charge in [-0.15, -0.1) is 0 Å². The van der Waals surface area contributed by atoms with Gasteiger partial charge >= 0.3 is 5.97 Å². The van der Waals surface area contributed by atoms with Gasteiger partial charge in [-0.1, -0.05) is 30.3 Å². The van der Waals surface area contributed by atoms with Gasteiger partial charge in [-0.25, -0.2) is 9.78 Å². The van der Waals surface area contributed by atoms with Crippen LogP contribution in [0.2, 0.25) is 5.28 Å². The second kappa shape index (κ2) is 4.59. The van der Waals surface area contributed by atoms with Crippen LogP contribution in [0.1, 0.15) is 29.0 Å². The Hall–Kier alpha value is -1.81. The zero-order valence-corrected chi connectivity index (χ0v) is 9.93. The number of halogens is 1. The number of aromatic nitrogens is 2. The van der Waals surface area contributed by atoms with Crippen LogP contribution in [0.15, 0.2) is 36.5 Å². The third-order valence-electron chi connectivity index (χ3n) is 2.64. The summed E-state index contributed by atoms with van der Waals surface area (Å²) in [5.74, 6) is -1.04. The van der Waals surface area contributed by atoms with Gasteiger partial charge in [0.2, 0.25) is 5.28 Å². The maximum Gasteiger partial charge on any atom is 0.354 e. The maximum absolute atomic E-state index is 11.1. The van der Waals surface area contributed by atoms with Crippen LogP contribution in [0, 0.1) is 0 Å². The molecule has 1 N–H and O–H groups in total. The molecule has 1 aromatic heterocycles. The summed E-state index contributed by atoms with van der Waals surface area (Å²) in [5, 5.41) is 9.23. The Morgan fingerprint density at radius 3 is 2.65 bits per heavy atom. The van der Waals surface area contributed by atoms with Gasteiger partial charge < -0.3 is 9.67 Å². The first-order valence-corrected chi connectivity index (χ1v) is 5.50. The normalized spacial score (nSPS) is 12.4. The van der Waals surface area contributed by atoms with Crippen LogP contribution >= 0.6 is 11.6 Å². The van der Waals surface area contributed by atoms with Gasteiger partial charge in [0, 0.05) is 0 Å². The van der Waals surface area contributed by atoms with Gasteiger partial charge in [0.15, 0.2) is 0 Å². The minimum Gasteiger partial charge on any atom is -0.477 e. The minimum atomic E-state index is -1.04. The van der Waals surface area contributed by atoms with Crippen LogP contribution in [0.3, 0.4) is 0 Å². The Kier molecular flexibility index (Phi) is 3.15. The molecular formula is C12H11ClN2O2. The Morgan fingerprint density at radius 1 is 1.41 bits per heavy atom. The van der Waals surface area contributed by atoms with Crippen LogP contribution in [0.25, 0.3) is 0 Å². The van der Waals surface area contributed by atoms with Crippen molar-refractivity contribution in [2.24, 2.45) is 0 Å². The summed E-state index contributed by atoms with van der Waals surface area (Å²) >= 11 is 5.92. The highest BCUT2D eigenvalue weighted by atomic mass is 35.5. The van der Waals surface area contributed by atoms with Gasteiger partial charge in [0.1, 0.15) is 5.69 Å². The molecule has 0 aliphatic rings. The highest BCUT2D eigenvalue weighted by Crippen LogP contribution is 2.24. The molecule has 0 radical (unpaired) electrons. The average Bonchev–Trinajstić information content (AvgIpc) is 2.71. The number of aromatic carboxylic acids is 1. The summed E-state index contributed by atoms with van der Waals surface area (Å²) in [4.78, 5) is 14.9. The van der Waals surface area contributed by atoms with E-state index in [-0.39, 0.29) is 17.0 Å². The lowest BCUT2D eigenvalue weighted by atomic mass is 10.1. The van der Waals surface area contributed by atoms with Crippen LogP contribution < -0.4 is 0 Å². The minimum absolute atomic E-state index is 0.0892. The monoisotopic (exact) mass is 250 g/mol. The molecule has 0 saturated heterocycles. The molecule has 0 aliphatic carbocycles. The maximum atomic E-state index is 11.1. The molecule has 1 unspecified atom stereocenters. The van der Waals surface area contributed by atoms with Crippen LogP contribution in [-0.2, 0) is 0 Å². The van der Waals surface area contributed by atoms with Crippen molar-refractivity contribution in [1.82, 2.24) is 9.55 Å². The molecule has 0 saturated carbocycles. The first kappa shape index (κ1) is 11.7. The van der Waals surface area contributed by atoms with E-state index < -0.39 is 5.97 Å². The van der Waals surface area contributed by atoms with Gasteiger partial charge in [0.05, 0.1) is 12.2 Å². The summed E-state index contributed by atoms with van der Waals surface area (Å²) in [6, 6.07) is 9.38. The van der Waals surface area contributed by atoms with E-state index in [1.807, 2.05) is 37.3 Å². The van der Waals surface area contributed by atoms with E-state index in [0.29, 0.717) is 0 Å². The molecular weight excluding hydrogens is 240 g/mol. The molecule has 1 aromatic carbocycles. The van der Waals surface area contributed by atoms with Crippen molar-refractivity contribution in [1.29, 1.82) is 0 Å². The molecule has 0 bridgehead atoms. The lowest BCUT2D eigenvalue weighted by Gasteiger charge is -2.16. The smallest absolute Gasteiger partial charge is 0.354 e. The zero-order valence-electron chi connectivity index (χ0n) is 9.17. The fourth-order valence-corrected chi connectivity index (χ4v) is 2.03. The van der Waals surface area contributed by atoms with Crippen LogP contribution in [0.4, 0.5) is 0 Å². The molecule has 0 spiro atoms. The molecule has 2 aromatic rings. The van der Waals surface area contributed by atoms with Crippen molar-refractivity contribution in [3.63, 3.8) is 0 Å². The summed E-state index contributed by atoms with van der Waals surface area (Å²) < 4.78 is 1.50. The third kappa shape index (κ3) is 2.17. The summed E-state index contributed by atoms with van der Waals surface area (Å²) in [7, 11) is 0. The Morgan fingerprint density at radius 2 is 2.06 bits per heavy atom.